The summed E-state index contributed by atoms with van der Waals surface area (Å²) < 4.78 is 30.6. The van der Waals surface area contributed by atoms with Gasteiger partial charge in [-0.2, -0.15) is 0 Å². The summed E-state index contributed by atoms with van der Waals surface area (Å²) in [6.07, 6.45) is -3.38. The van der Waals surface area contributed by atoms with Gasteiger partial charge in [0.15, 0.2) is 6.29 Å². The summed E-state index contributed by atoms with van der Waals surface area (Å²) in [6, 6.07) is 0. The van der Waals surface area contributed by atoms with Gasteiger partial charge in [0.1, 0.15) is 6.10 Å². The first-order valence-corrected chi connectivity index (χ1v) is 5.25. The zero-order chi connectivity index (χ0) is 13.7. The number of ether oxygens (including phenoxy) is 6. The highest BCUT2D eigenvalue weighted by Crippen LogP contribution is 2.25. The van der Waals surface area contributed by atoms with E-state index in [1.807, 2.05) is 0 Å². The van der Waals surface area contributed by atoms with E-state index in [0.29, 0.717) is 0 Å². The van der Waals surface area contributed by atoms with Gasteiger partial charge < -0.3 is 28.4 Å². The number of hydrogen-bond donors (Lipinski definition) is 0. The molecule has 7 nitrogen and oxygen atoms in total. The number of methoxy groups -OCH3 is 4. The van der Waals surface area contributed by atoms with Gasteiger partial charge in [-0.3, -0.25) is 0 Å². The van der Waals surface area contributed by atoms with Crippen molar-refractivity contribution in [2.45, 2.75) is 25.0 Å². The smallest absolute Gasteiger partial charge is 0.338 e. The first kappa shape index (κ1) is 15.1. The second kappa shape index (κ2) is 6.81. The number of esters is 1. The molecule has 0 N–H and O–H groups in total. The zero-order valence-electron chi connectivity index (χ0n) is 10.9. The van der Waals surface area contributed by atoms with Crippen LogP contribution in [0.25, 0.3) is 0 Å². The Morgan fingerprint density at radius 1 is 1.06 bits per heavy atom. The molecule has 104 valence electrons. The number of carbonyl (C=O) groups is 1. The van der Waals surface area contributed by atoms with Crippen LogP contribution < -0.4 is 0 Å². The molecule has 7 heteroatoms. The van der Waals surface area contributed by atoms with Gasteiger partial charge >= 0.3 is 5.97 Å². The largest absolute Gasteiger partial charge is 0.427 e. The van der Waals surface area contributed by atoms with Crippen LogP contribution in [0.5, 0.6) is 0 Å². The monoisotopic (exact) mass is 262 g/mol. The van der Waals surface area contributed by atoms with E-state index in [2.05, 4.69) is 6.58 Å². The molecule has 0 bridgehead atoms. The van der Waals surface area contributed by atoms with E-state index in [1.165, 1.54) is 28.4 Å². The van der Waals surface area contributed by atoms with Crippen molar-refractivity contribution in [3.63, 3.8) is 0 Å². The maximum Gasteiger partial charge on any atom is 0.338 e. The van der Waals surface area contributed by atoms with Crippen LogP contribution in [-0.2, 0) is 33.2 Å². The van der Waals surface area contributed by atoms with Crippen molar-refractivity contribution in [2.24, 2.45) is 0 Å². The molecule has 0 radical (unpaired) electrons. The quantitative estimate of drug-likeness (QED) is 0.380. The third-order valence-electron chi connectivity index (χ3n) is 2.51. The zero-order valence-corrected chi connectivity index (χ0v) is 10.9. The third kappa shape index (κ3) is 3.06. The van der Waals surface area contributed by atoms with E-state index in [4.69, 9.17) is 28.4 Å². The minimum atomic E-state index is -1.00. The Hall–Kier alpha value is -0.990. The Labute approximate surface area is 106 Å². The van der Waals surface area contributed by atoms with Gasteiger partial charge in [-0.25, -0.2) is 4.79 Å². The van der Waals surface area contributed by atoms with E-state index in [-0.39, 0.29) is 5.57 Å². The van der Waals surface area contributed by atoms with Gasteiger partial charge in [-0.15, -0.1) is 0 Å². The van der Waals surface area contributed by atoms with Gasteiger partial charge in [0.25, 0.3) is 6.29 Å². The number of carbonyl (C=O) groups excluding carboxylic acids is 1. The first-order chi connectivity index (χ1) is 8.58. The van der Waals surface area contributed by atoms with Crippen LogP contribution in [0.4, 0.5) is 0 Å². The molecule has 1 heterocycles. The van der Waals surface area contributed by atoms with Crippen molar-refractivity contribution in [3.8, 4) is 0 Å². The summed E-state index contributed by atoms with van der Waals surface area (Å²) in [6.45, 7) is 3.60. The molecular weight excluding hydrogens is 244 g/mol. The highest BCUT2D eigenvalue weighted by atomic mass is 16.8. The molecule has 0 spiro atoms. The Bertz CT molecular complexity index is 296. The summed E-state index contributed by atoms with van der Waals surface area (Å²) in [5.74, 6) is -0.602. The Kier molecular flexibility index (Phi) is 5.70. The van der Waals surface area contributed by atoms with Crippen LogP contribution in [0.2, 0.25) is 0 Å². The molecule has 18 heavy (non-hydrogen) atoms. The van der Waals surface area contributed by atoms with Crippen molar-refractivity contribution in [1.29, 1.82) is 0 Å². The molecule has 1 fully saturated rings. The van der Waals surface area contributed by atoms with Crippen LogP contribution in [0, 0.1) is 0 Å². The molecule has 1 saturated heterocycles. The van der Waals surface area contributed by atoms with Crippen LogP contribution >= 0.6 is 0 Å². The molecule has 2 atom stereocenters. The lowest BCUT2D eigenvalue weighted by molar-refractivity contribution is -0.305. The van der Waals surface area contributed by atoms with E-state index in [9.17, 15) is 4.79 Å². The number of hydrogen-bond acceptors (Lipinski definition) is 7. The molecule has 0 aliphatic carbocycles. The predicted octanol–water partition coefficient (Wildman–Crippen LogP) is 0.0485. The first-order valence-electron chi connectivity index (χ1n) is 5.25. The predicted molar refractivity (Wildman–Crippen MR) is 59.5 cm³/mol. The second-order valence-corrected chi connectivity index (χ2v) is 3.54. The fourth-order valence-electron chi connectivity index (χ4n) is 1.56. The molecule has 1 aliphatic rings. The lowest BCUT2D eigenvalue weighted by Crippen LogP contribution is -2.50. The fraction of sp³-hybridized carbons (Fsp3) is 0.727. The van der Waals surface area contributed by atoms with Crippen LogP contribution in [-0.4, -0.2) is 59.4 Å². The van der Waals surface area contributed by atoms with Gasteiger partial charge in [0.05, 0.1) is 5.57 Å². The van der Waals surface area contributed by atoms with E-state index in [0.717, 1.165) is 0 Å². The third-order valence-corrected chi connectivity index (χ3v) is 2.51. The van der Waals surface area contributed by atoms with E-state index in [1.54, 1.807) is 0 Å². The number of cyclic esters (lactones) is 1. The molecule has 0 amide bonds. The summed E-state index contributed by atoms with van der Waals surface area (Å²) in [7, 11) is 5.69. The minimum Gasteiger partial charge on any atom is -0.427 e. The minimum absolute atomic E-state index is 0.117. The summed E-state index contributed by atoms with van der Waals surface area (Å²) >= 11 is 0. The molecule has 0 aromatic carbocycles. The van der Waals surface area contributed by atoms with Crippen molar-refractivity contribution in [1.82, 2.24) is 0 Å². The SMILES string of the molecule is C=C1C(=O)O[C@H](C(OC)OC)O[C@@H]1C(OC)OC. The van der Waals surface area contributed by atoms with E-state index < -0.39 is 30.9 Å². The van der Waals surface area contributed by atoms with Crippen molar-refractivity contribution in [2.75, 3.05) is 28.4 Å². The van der Waals surface area contributed by atoms with Gasteiger partial charge in [0.2, 0.25) is 6.29 Å². The van der Waals surface area contributed by atoms with Crippen LogP contribution in [0.3, 0.4) is 0 Å². The molecule has 0 unspecified atom stereocenters. The highest BCUT2D eigenvalue weighted by Gasteiger charge is 2.41. The molecule has 1 rings (SSSR count). The molecule has 0 saturated carbocycles. The molecule has 0 aromatic rings. The van der Waals surface area contributed by atoms with Crippen molar-refractivity contribution < 1.29 is 33.2 Å². The molecular formula is C11H18O7. The maximum absolute atomic E-state index is 11.7. The van der Waals surface area contributed by atoms with E-state index >= 15 is 0 Å². The average Bonchev–Trinajstić information content (AvgIpc) is 2.37. The van der Waals surface area contributed by atoms with Gasteiger partial charge in [-0.1, -0.05) is 6.58 Å². The second-order valence-electron chi connectivity index (χ2n) is 3.54. The van der Waals surface area contributed by atoms with Crippen LogP contribution in [0.15, 0.2) is 12.2 Å². The topological polar surface area (TPSA) is 72.5 Å². The van der Waals surface area contributed by atoms with Gasteiger partial charge in [0, 0.05) is 28.4 Å². The fourth-order valence-corrected chi connectivity index (χ4v) is 1.56. The van der Waals surface area contributed by atoms with Crippen LogP contribution in [0.1, 0.15) is 0 Å². The van der Waals surface area contributed by atoms with Crippen molar-refractivity contribution in [3.05, 3.63) is 12.2 Å². The Balaban J connectivity index is 2.83. The number of rotatable bonds is 6. The molecule has 1 aliphatic heterocycles. The normalized spacial score (nSPS) is 24.8. The summed E-state index contributed by atoms with van der Waals surface area (Å²) in [4.78, 5) is 11.7. The summed E-state index contributed by atoms with van der Waals surface area (Å²) in [5, 5.41) is 0. The van der Waals surface area contributed by atoms with Crippen molar-refractivity contribution >= 4 is 5.97 Å². The Morgan fingerprint density at radius 2 is 1.56 bits per heavy atom. The average molecular weight is 262 g/mol. The lowest BCUT2D eigenvalue weighted by Gasteiger charge is -2.36. The maximum atomic E-state index is 11.7. The Morgan fingerprint density at radius 3 is 2.00 bits per heavy atom. The lowest BCUT2D eigenvalue weighted by atomic mass is 10.1. The molecule has 0 aromatic heterocycles. The highest BCUT2D eigenvalue weighted by molar-refractivity contribution is 5.89. The standard InChI is InChI=1S/C11H18O7/c1-6-7(9(13-2)14-3)17-11(18-8(6)12)10(15-4)16-5/h7,9-11H,1H2,2-5H3/t7-,11+/m0/s1. The van der Waals surface area contributed by atoms with Gasteiger partial charge in [-0.05, 0) is 0 Å². The summed E-state index contributed by atoms with van der Waals surface area (Å²) in [5.41, 5.74) is 0.117.